The van der Waals surface area contributed by atoms with Crippen LogP contribution in [0.1, 0.15) is 21.7 Å². The number of nitrogens with zero attached hydrogens (tertiary/aromatic N) is 2. The third-order valence-electron chi connectivity index (χ3n) is 3.53. The molecular weight excluding hydrogens is 276 g/mol. The minimum atomic E-state index is -0.175. The Hall–Kier alpha value is -3.00. The Morgan fingerprint density at radius 3 is 2.95 bits per heavy atom. The summed E-state index contributed by atoms with van der Waals surface area (Å²) in [6.07, 6.45) is 10.7. The molecule has 0 saturated heterocycles. The molecule has 5 heteroatoms. The largest absolute Gasteiger partial charge is 0.373 e. The van der Waals surface area contributed by atoms with E-state index in [0.29, 0.717) is 23.5 Å². The first-order valence-electron chi connectivity index (χ1n) is 6.96. The zero-order chi connectivity index (χ0) is 15.7. The fourth-order valence-corrected chi connectivity index (χ4v) is 2.46. The van der Waals surface area contributed by atoms with Crippen LogP contribution in [0.25, 0.3) is 5.65 Å². The number of fused-ring (bicyclic) bond motifs is 1. The second-order valence-corrected chi connectivity index (χ2v) is 5.19. The molecule has 0 atom stereocenters. The van der Waals surface area contributed by atoms with Crippen LogP contribution in [-0.2, 0) is 0 Å². The van der Waals surface area contributed by atoms with E-state index in [2.05, 4.69) is 21.5 Å². The summed E-state index contributed by atoms with van der Waals surface area (Å²) in [7, 11) is 0. The molecule has 22 heavy (non-hydrogen) atoms. The van der Waals surface area contributed by atoms with Crippen LogP contribution in [0, 0.1) is 26.2 Å². The summed E-state index contributed by atoms with van der Waals surface area (Å²) in [5, 5.41) is 5.94. The number of rotatable bonds is 2. The van der Waals surface area contributed by atoms with Crippen LogP contribution in [0.4, 0.5) is 0 Å². The normalized spacial score (nSPS) is 13.9. The first-order valence-corrected chi connectivity index (χ1v) is 6.96. The number of carbonyl (C=O) groups is 1. The van der Waals surface area contributed by atoms with Crippen LogP contribution in [0.15, 0.2) is 41.9 Å². The fourth-order valence-electron chi connectivity index (χ4n) is 2.46. The summed E-state index contributed by atoms with van der Waals surface area (Å²) in [4.78, 5) is 16.9. The van der Waals surface area contributed by atoms with E-state index in [1.807, 2.05) is 36.6 Å². The maximum Gasteiger partial charge on any atom is 0.259 e. The standard InChI is InChI=1S/C17H16N4O/c1-4-13-5-6-14(10-18-13)20-17(22)15-7-8-21-12(3)9-11(2)19-16(15)21/h1,5-9,18H,10H2,2-3H3,(H,20,22). The van der Waals surface area contributed by atoms with Crippen molar-refractivity contribution in [2.24, 2.45) is 0 Å². The summed E-state index contributed by atoms with van der Waals surface area (Å²) in [6.45, 7) is 4.41. The molecule has 1 aliphatic rings. The molecule has 2 N–H and O–H groups in total. The number of terminal acetylenes is 1. The van der Waals surface area contributed by atoms with Gasteiger partial charge in [-0.3, -0.25) is 4.79 Å². The molecule has 3 rings (SSSR count). The SMILES string of the molecule is C#CC1=CC=C(NC(=O)c2ccn3c(C)cc(C)nc23)CN1. The lowest BCUT2D eigenvalue weighted by Gasteiger charge is -2.14. The molecule has 3 heterocycles. The highest BCUT2D eigenvalue weighted by Gasteiger charge is 2.15. The first-order chi connectivity index (χ1) is 10.6. The van der Waals surface area contributed by atoms with E-state index in [1.165, 1.54) is 0 Å². The van der Waals surface area contributed by atoms with Gasteiger partial charge in [0.05, 0.1) is 17.8 Å². The molecule has 0 aliphatic carbocycles. The third-order valence-corrected chi connectivity index (χ3v) is 3.53. The van der Waals surface area contributed by atoms with E-state index in [9.17, 15) is 4.79 Å². The number of hydrogen-bond acceptors (Lipinski definition) is 3. The molecule has 0 fully saturated rings. The molecule has 0 bridgehead atoms. The minimum Gasteiger partial charge on any atom is -0.373 e. The number of dihydropyridines is 1. The average molecular weight is 292 g/mol. The quantitative estimate of drug-likeness (QED) is 0.828. The Bertz CT molecular complexity index is 865. The van der Waals surface area contributed by atoms with E-state index in [-0.39, 0.29) is 5.91 Å². The molecule has 1 aliphatic heterocycles. The molecule has 0 aromatic carbocycles. The van der Waals surface area contributed by atoms with Gasteiger partial charge in [0.15, 0.2) is 0 Å². The Morgan fingerprint density at radius 1 is 1.45 bits per heavy atom. The Labute approximate surface area is 128 Å². The van der Waals surface area contributed by atoms with Crippen molar-refractivity contribution in [2.75, 3.05) is 6.54 Å². The first kappa shape index (κ1) is 14.0. The van der Waals surface area contributed by atoms with Gasteiger partial charge < -0.3 is 15.0 Å². The molecule has 1 amide bonds. The number of carbonyl (C=O) groups excluding carboxylic acids is 1. The molecule has 5 nitrogen and oxygen atoms in total. The van der Waals surface area contributed by atoms with E-state index in [0.717, 1.165) is 17.1 Å². The van der Waals surface area contributed by atoms with Gasteiger partial charge in [0.2, 0.25) is 0 Å². The van der Waals surface area contributed by atoms with Crippen LogP contribution in [0.2, 0.25) is 0 Å². The molecule has 2 aromatic rings. The second-order valence-electron chi connectivity index (χ2n) is 5.19. The summed E-state index contributed by atoms with van der Waals surface area (Å²) >= 11 is 0. The Morgan fingerprint density at radius 2 is 2.27 bits per heavy atom. The van der Waals surface area contributed by atoms with Gasteiger partial charge in [0.1, 0.15) is 5.65 Å². The van der Waals surface area contributed by atoms with Gasteiger partial charge in [-0.25, -0.2) is 4.98 Å². The maximum absolute atomic E-state index is 12.5. The third kappa shape index (κ3) is 2.47. The van der Waals surface area contributed by atoms with Gasteiger partial charge in [-0.15, -0.1) is 6.42 Å². The van der Waals surface area contributed by atoms with Crippen LogP contribution < -0.4 is 10.6 Å². The van der Waals surface area contributed by atoms with E-state index in [4.69, 9.17) is 6.42 Å². The van der Waals surface area contributed by atoms with Gasteiger partial charge in [-0.1, -0.05) is 5.92 Å². The average Bonchev–Trinajstić information content (AvgIpc) is 2.92. The van der Waals surface area contributed by atoms with Crippen LogP contribution in [0.3, 0.4) is 0 Å². The van der Waals surface area contributed by atoms with Gasteiger partial charge in [-0.05, 0) is 38.1 Å². The minimum absolute atomic E-state index is 0.175. The molecule has 2 aromatic heterocycles. The smallest absolute Gasteiger partial charge is 0.259 e. The van der Waals surface area contributed by atoms with Crippen molar-refractivity contribution < 1.29 is 4.79 Å². The van der Waals surface area contributed by atoms with Gasteiger partial charge in [0.25, 0.3) is 5.91 Å². The number of aryl methyl sites for hydroxylation is 2. The molecule has 110 valence electrons. The number of nitrogens with one attached hydrogen (secondary N) is 2. The number of amides is 1. The Balaban J connectivity index is 1.89. The van der Waals surface area contributed by atoms with Gasteiger partial charge in [0, 0.05) is 23.3 Å². The van der Waals surface area contributed by atoms with Crippen molar-refractivity contribution in [1.29, 1.82) is 0 Å². The highest BCUT2D eigenvalue weighted by atomic mass is 16.1. The Kier molecular flexibility index (Phi) is 3.43. The van der Waals surface area contributed by atoms with Gasteiger partial charge in [-0.2, -0.15) is 0 Å². The van der Waals surface area contributed by atoms with Crippen LogP contribution in [-0.4, -0.2) is 21.8 Å². The van der Waals surface area contributed by atoms with Crippen molar-refractivity contribution in [2.45, 2.75) is 13.8 Å². The van der Waals surface area contributed by atoms with E-state index >= 15 is 0 Å². The van der Waals surface area contributed by atoms with Crippen molar-refractivity contribution in [3.8, 4) is 12.3 Å². The lowest BCUT2D eigenvalue weighted by Crippen LogP contribution is -2.31. The van der Waals surface area contributed by atoms with Crippen molar-refractivity contribution >= 4 is 11.6 Å². The zero-order valence-corrected chi connectivity index (χ0v) is 12.5. The summed E-state index contributed by atoms with van der Waals surface area (Å²) in [5.74, 6) is 2.35. The lowest BCUT2D eigenvalue weighted by atomic mass is 10.2. The fraction of sp³-hybridized carbons (Fsp3) is 0.176. The monoisotopic (exact) mass is 292 g/mol. The van der Waals surface area contributed by atoms with Crippen molar-refractivity contribution in [1.82, 2.24) is 20.0 Å². The summed E-state index contributed by atoms with van der Waals surface area (Å²) in [5.41, 5.74) is 4.63. The molecule has 0 unspecified atom stereocenters. The van der Waals surface area contributed by atoms with E-state index in [1.54, 1.807) is 12.1 Å². The molecule has 0 spiro atoms. The zero-order valence-electron chi connectivity index (χ0n) is 12.5. The van der Waals surface area contributed by atoms with E-state index < -0.39 is 0 Å². The molecule has 0 radical (unpaired) electrons. The predicted molar refractivity (Wildman–Crippen MR) is 85.1 cm³/mol. The summed E-state index contributed by atoms with van der Waals surface area (Å²) < 4.78 is 1.91. The molecule has 0 saturated carbocycles. The van der Waals surface area contributed by atoms with Crippen LogP contribution in [0.5, 0.6) is 0 Å². The van der Waals surface area contributed by atoms with Crippen molar-refractivity contribution in [3.63, 3.8) is 0 Å². The topological polar surface area (TPSA) is 58.4 Å². The predicted octanol–water partition coefficient (Wildman–Crippen LogP) is 1.69. The van der Waals surface area contributed by atoms with Gasteiger partial charge >= 0.3 is 0 Å². The number of hydrogen-bond donors (Lipinski definition) is 2. The maximum atomic E-state index is 12.5. The number of aromatic nitrogens is 2. The molecular formula is C17H16N4O. The second kappa shape index (κ2) is 5.41. The van der Waals surface area contributed by atoms with Crippen LogP contribution >= 0.6 is 0 Å². The highest BCUT2D eigenvalue weighted by molar-refractivity contribution is 6.01. The van der Waals surface area contributed by atoms with Crippen molar-refractivity contribution in [3.05, 3.63) is 58.8 Å². The lowest BCUT2D eigenvalue weighted by molar-refractivity contribution is 0.0966. The summed E-state index contributed by atoms with van der Waals surface area (Å²) in [6, 6.07) is 3.76. The highest BCUT2D eigenvalue weighted by Crippen LogP contribution is 2.14. The number of allylic oxidation sites excluding steroid dienone is 3.